The quantitative estimate of drug-likeness (QED) is 0.883. The van der Waals surface area contributed by atoms with Crippen LogP contribution in [0.2, 0.25) is 0 Å². The predicted octanol–water partition coefficient (Wildman–Crippen LogP) is 2.60. The number of hydrogen-bond acceptors (Lipinski definition) is 4. The molecule has 0 bridgehead atoms. The molecule has 1 aliphatic carbocycles. The smallest absolute Gasteiger partial charge is 0.223 e. The Bertz CT molecular complexity index is 572. The second-order valence-corrected chi connectivity index (χ2v) is 7.94. The molecule has 3 heterocycles. The fourth-order valence-corrected chi connectivity index (χ4v) is 5.05. The summed E-state index contributed by atoms with van der Waals surface area (Å²) in [6.07, 6.45) is 13.2. The lowest BCUT2D eigenvalue weighted by Crippen LogP contribution is -2.50. The zero-order valence-corrected chi connectivity index (χ0v) is 15.0. The molecule has 1 amide bonds. The minimum atomic E-state index is 0.292. The number of aromatic nitrogens is 1. The fraction of sp³-hybridized carbons (Fsp3) is 0.700. The van der Waals surface area contributed by atoms with E-state index in [0.29, 0.717) is 29.8 Å². The molecule has 4 rings (SSSR count). The highest BCUT2D eigenvalue weighted by molar-refractivity contribution is 5.77. The molecule has 5 nitrogen and oxygen atoms in total. The Balaban J connectivity index is 1.44. The highest BCUT2D eigenvalue weighted by Crippen LogP contribution is 2.33. The van der Waals surface area contributed by atoms with E-state index in [-0.39, 0.29) is 0 Å². The summed E-state index contributed by atoms with van der Waals surface area (Å²) in [5.41, 5.74) is 8.11. The first-order valence-electron chi connectivity index (χ1n) is 10.0. The summed E-state index contributed by atoms with van der Waals surface area (Å²) in [5.74, 6) is 1.40. The molecule has 3 atom stereocenters. The van der Waals surface area contributed by atoms with Crippen molar-refractivity contribution in [3.63, 3.8) is 0 Å². The minimum Gasteiger partial charge on any atom is -0.338 e. The van der Waals surface area contributed by atoms with Crippen molar-refractivity contribution in [2.75, 3.05) is 13.1 Å². The highest BCUT2D eigenvalue weighted by Gasteiger charge is 2.41. The fourth-order valence-electron chi connectivity index (χ4n) is 5.05. The van der Waals surface area contributed by atoms with Crippen LogP contribution in [0.3, 0.4) is 0 Å². The summed E-state index contributed by atoms with van der Waals surface area (Å²) in [4.78, 5) is 19.3. The molecule has 1 aromatic heterocycles. The van der Waals surface area contributed by atoms with Crippen LogP contribution in [-0.2, 0) is 4.79 Å². The van der Waals surface area contributed by atoms with Gasteiger partial charge < -0.3 is 4.90 Å². The van der Waals surface area contributed by atoms with Crippen molar-refractivity contribution in [2.45, 2.75) is 69.4 Å². The van der Waals surface area contributed by atoms with Crippen molar-refractivity contribution >= 4 is 5.91 Å². The van der Waals surface area contributed by atoms with Crippen molar-refractivity contribution in [3.05, 3.63) is 30.1 Å². The first-order valence-corrected chi connectivity index (χ1v) is 10.0. The Morgan fingerprint density at radius 2 is 1.92 bits per heavy atom. The van der Waals surface area contributed by atoms with Crippen LogP contribution in [0.5, 0.6) is 0 Å². The van der Waals surface area contributed by atoms with E-state index in [0.717, 1.165) is 32.4 Å². The van der Waals surface area contributed by atoms with Gasteiger partial charge in [-0.25, -0.2) is 0 Å². The van der Waals surface area contributed by atoms with Gasteiger partial charge in [-0.3, -0.25) is 20.6 Å². The van der Waals surface area contributed by atoms with Crippen molar-refractivity contribution in [1.29, 1.82) is 0 Å². The zero-order valence-electron chi connectivity index (χ0n) is 15.0. The SMILES string of the molecule is O=C(CC1CCCCC1)N1CCCC1C1NNCC1c1ccncc1. The number of nitrogens with one attached hydrogen (secondary N) is 2. The van der Waals surface area contributed by atoms with Crippen LogP contribution < -0.4 is 10.9 Å². The van der Waals surface area contributed by atoms with Gasteiger partial charge in [0.1, 0.15) is 0 Å². The zero-order chi connectivity index (χ0) is 17.1. The highest BCUT2D eigenvalue weighted by atomic mass is 16.2. The van der Waals surface area contributed by atoms with Crippen LogP contribution in [0, 0.1) is 5.92 Å². The molecule has 2 N–H and O–H groups in total. The van der Waals surface area contributed by atoms with Crippen molar-refractivity contribution in [2.24, 2.45) is 5.92 Å². The Kier molecular flexibility index (Phi) is 5.32. The molecule has 5 heteroatoms. The average Bonchev–Trinajstić information content (AvgIpc) is 3.32. The average molecular weight is 342 g/mol. The predicted molar refractivity (Wildman–Crippen MR) is 97.8 cm³/mol. The van der Waals surface area contributed by atoms with E-state index in [1.807, 2.05) is 12.4 Å². The lowest BCUT2D eigenvalue weighted by molar-refractivity contribution is -0.133. The number of pyridine rings is 1. The maximum absolute atomic E-state index is 13.0. The van der Waals surface area contributed by atoms with Gasteiger partial charge in [0.25, 0.3) is 0 Å². The van der Waals surface area contributed by atoms with Crippen molar-refractivity contribution in [3.8, 4) is 0 Å². The Morgan fingerprint density at radius 1 is 1.12 bits per heavy atom. The third kappa shape index (κ3) is 3.72. The van der Waals surface area contributed by atoms with Gasteiger partial charge in [-0.05, 0) is 49.3 Å². The summed E-state index contributed by atoms with van der Waals surface area (Å²) >= 11 is 0. The van der Waals surface area contributed by atoms with Crippen LogP contribution in [0.1, 0.15) is 62.8 Å². The number of carbonyl (C=O) groups excluding carboxylic acids is 1. The monoisotopic (exact) mass is 342 g/mol. The van der Waals surface area contributed by atoms with Gasteiger partial charge in [0.05, 0.1) is 0 Å². The number of rotatable bonds is 4. The maximum Gasteiger partial charge on any atom is 0.223 e. The molecule has 0 spiro atoms. The van der Waals surface area contributed by atoms with E-state index in [1.54, 1.807) is 0 Å². The van der Waals surface area contributed by atoms with E-state index >= 15 is 0 Å². The molecular weight excluding hydrogens is 312 g/mol. The largest absolute Gasteiger partial charge is 0.338 e. The van der Waals surface area contributed by atoms with E-state index in [9.17, 15) is 4.79 Å². The van der Waals surface area contributed by atoms with E-state index in [2.05, 4.69) is 32.9 Å². The lowest BCUT2D eigenvalue weighted by atomic mass is 9.86. The molecule has 1 saturated carbocycles. The normalized spacial score (nSPS) is 30.7. The standard InChI is InChI=1S/C20H30N4O/c25-19(13-15-5-2-1-3-6-15)24-12-4-7-18(24)20-17(14-22-23-20)16-8-10-21-11-9-16/h8-11,15,17-18,20,22-23H,1-7,12-14H2. The lowest BCUT2D eigenvalue weighted by Gasteiger charge is -2.33. The number of hydrogen-bond donors (Lipinski definition) is 2. The van der Waals surface area contributed by atoms with Gasteiger partial charge in [0.2, 0.25) is 5.91 Å². The molecular formula is C20H30N4O. The second kappa shape index (κ2) is 7.83. The molecule has 3 unspecified atom stereocenters. The van der Waals surface area contributed by atoms with Gasteiger partial charge in [0, 0.05) is 49.9 Å². The molecule has 0 radical (unpaired) electrons. The second-order valence-electron chi connectivity index (χ2n) is 7.94. The molecule has 0 aromatic carbocycles. The van der Waals surface area contributed by atoms with Gasteiger partial charge in [-0.2, -0.15) is 0 Å². The van der Waals surface area contributed by atoms with Crippen LogP contribution in [0.4, 0.5) is 0 Å². The van der Waals surface area contributed by atoms with Crippen molar-refractivity contribution in [1.82, 2.24) is 20.7 Å². The first-order chi connectivity index (χ1) is 12.3. The number of hydrazine groups is 1. The van der Waals surface area contributed by atoms with E-state index in [4.69, 9.17) is 0 Å². The minimum absolute atomic E-state index is 0.292. The molecule has 136 valence electrons. The Labute approximate surface area is 150 Å². The van der Waals surface area contributed by atoms with Gasteiger partial charge in [-0.1, -0.05) is 19.3 Å². The summed E-state index contributed by atoms with van der Waals surface area (Å²) in [6, 6.07) is 4.81. The topological polar surface area (TPSA) is 57.3 Å². The molecule has 3 aliphatic rings. The van der Waals surface area contributed by atoms with Gasteiger partial charge in [-0.15, -0.1) is 0 Å². The van der Waals surface area contributed by atoms with Crippen LogP contribution in [0.15, 0.2) is 24.5 Å². The van der Waals surface area contributed by atoms with Crippen LogP contribution in [0.25, 0.3) is 0 Å². The third-order valence-corrected chi connectivity index (χ3v) is 6.38. The van der Waals surface area contributed by atoms with E-state index < -0.39 is 0 Å². The molecule has 3 fully saturated rings. The third-order valence-electron chi connectivity index (χ3n) is 6.38. The first kappa shape index (κ1) is 17.0. The van der Waals surface area contributed by atoms with Gasteiger partial charge >= 0.3 is 0 Å². The Morgan fingerprint density at radius 3 is 2.72 bits per heavy atom. The summed E-state index contributed by atoms with van der Waals surface area (Å²) in [5, 5.41) is 0. The maximum atomic E-state index is 13.0. The molecule has 2 aliphatic heterocycles. The molecule has 1 aromatic rings. The summed E-state index contributed by atoms with van der Waals surface area (Å²) < 4.78 is 0. The van der Waals surface area contributed by atoms with Crippen LogP contribution in [-0.4, -0.2) is 41.0 Å². The molecule has 2 saturated heterocycles. The molecule has 25 heavy (non-hydrogen) atoms. The number of likely N-dealkylation sites (tertiary alicyclic amines) is 1. The van der Waals surface area contributed by atoms with Crippen LogP contribution >= 0.6 is 0 Å². The summed E-state index contributed by atoms with van der Waals surface area (Å²) in [7, 11) is 0. The van der Waals surface area contributed by atoms with Gasteiger partial charge in [0.15, 0.2) is 0 Å². The number of nitrogens with zero attached hydrogens (tertiary/aromatic N) is 2. The number of carbonyl (C=O) groups is 1. The Hall–Kier alpha value is -1.46. The summed E-state index contributed by atoms with van der Waals surface area (Å²) in [6.45, 7) is 1.84. The van der Waals surface area contributed by atoms with E-state index in [1.165, 1.54) is 37.7 Å². The number of amides is 1. The van der Waals surface area contributed by atoms with Crippen molar-refractivity contribution < 1.29 is 4.79 Å².